The van der Waals surface area contributed by atoms with Gasteiger partial charge in [-0.3, -0.25) is 5.43 Å². The molecular weight excluding hydrogens is 170 g/mol. The molecule has 0 fully saturated rings. The Kier molecular flexibility index (Phi) is 2.55. The summed E-state index contributed by atoms with van der Waals surface area (Å²) in [4.78, 5) is 15.1. The van der Waals surface area contributed by atoms with Crippen molar-refractivity contribution in [2.24, 2.45) is 4.99 Å². The highest BCUT2D eigenvalue weighted by atomic mass is 16.6. The van der Waals surface area contributed by atoms with E-state index in [-0.39, 0.29) is 0 Å². The van der Waals surface area contributed by atoms with E-state index in [9.17, 15) is 4.79 Å². The molecule has 1 aliphatic rings. The molecule has 5 nitrogen and oxygen atoms in total. The van der Waals surface area contributed by atoms with Gasteiger partial charge in [-0.2, -0.15) is 5.01 Å². The first-order chi connectivity index (χ1) is 5.99. The molecule has 0 unspecified atom stereocenters. The van der Waals surface area contributed by atoms with Crippen LogP contribution in [0, 0.1) is 0 Å². The number of hydrazine groups is 1. The van der Waals surface area contributed by atoms with Gasteiger partial charge in [0.1, 0.15) is 11.9 Å². The molecule has 0 aromatic carbocycles. The summed E-state index contributed by atoms with van der Waals surface area (Å²) in [7, 11) is 0. The van der Waals surface area contributed by atoms with Crippen molar-refractivity contribution in [1.82, 2.24) is 10.4 Å². The zero-order valence-corrected chi connectivity index (χ0v) is 7.94. The second-order valence-electron chi connectivity index (χ2n) is 3.56. The number of ether oxygens (including phenoxy) is 1. The number of nitrogens with zero attached hydrogens (tertiary/aromatic N) is 2. The van der Waals surface area contributed by atoms with Crippen LogP contribution in [0.4, 0.5) is 4.79 Å². The minimum absolute atomic E-state index is 0.472. The Hall–Kier alpha value is -1.52. The van der Waals surface area contributed by atoms with E-state index in [0.717, 1.165) is 0 Å². The van der Waals surface area contributed by atoms with Gasteiger partial charge in [0.2, 0.25) is 0 Å². The lowest BCUT2D eigenvalue weighted by molar-refractivity contribution is 0.0329. The smallest absolute Gasteiger partial charge is 0.434 e. The average molecular weight is 183 g/mol. The first-order valence-corrected chi connectivity index (χ1v) is 3.96. The number of nitrogens with one attached hydrogen (secondary N) is 1. The Morgan fingerprint density at radius 1 is 1.54 bits per heavy atom. The Bertz CT molecular complexity index is 253. The standard InChI is InChI=1S/C8H13N3O2/c1-8(2,3)13-7(12)11-6-9-4-5-10-11/h4-6,10H,1-3H3. The number of amides is 1. The van der Waals surface area contributed by atoms with Crippen LogP contribution in [-0.2, 0) is 4.74 Å². The first-order valence-electron chi connectivity index (χ1n) is 3.96. The van der Waals surface area contributed by atoms with Gasteiger partial charge < -0.3 is 4.74 Å². The van der Waals surface area contributed by atoms with E-state index in [0.29, 0.717) is 0 Å². The third kappa shape index (κ3) is 3.14. The zero-order valence-electron chi connectivity index (χ0n) is 7.94. The van der Waals surface area contributed by atoms with Gasteiger partial charge in [-0.15, -0.1) is 0 Å². The van der Waals surface area contributed by atoms with Crippen LogP contribution in [-0.4, -0.2) is 23.0 Å². The van der Waals surface area contributed by atoms with Crippen molar-refractivity contribution in [3.05, 3.63) is 12.4 Å². The van der Waals surface area contributed by atoms with Gasteiger partial charge in [-0.25, -0.2) is 9.79 Å². The topological polar surface area (TPSA) is 53.9 Å². The molecule has 0 saturated heterocycles. The predicted molar refractivity (Wildman–Crippen MR) is 48.8 cm³/mol. The van der Waals surface area contributed by atoms with Crippen molar-refractivity contribution in [2.75, 3.05) is 0 Å². The van der Waals surface area contributed by atoms with Gasteiger partial charge in [-0.1, -0.05) is 0 Å². The fourth-order valence-corrected chi connectivity index (χ4v) is 0.706. The van der Waals surface area contributed by atoms with Crippen LogP contribution in [0.25, 0.3) is 0 Å². The van der Waals surface area contributed by atoms with Crippen LogP contribution >= 0.6 is 0 Å². The van der Waals surface area contributed by atoms with E-state index < -0.39 is 11.7 Å². The number of aliphatic imine (C=N–C) groups is 1. The average Bonchev–Trinajstić information content (AvgIpc) is 2.03. The first kappa shape index (κ1) is 9.57. The lowest BCUT2D eigenvalue weighted by Crippen LogP contribution is -2.43. The number of carbonyl (C=O) groups excluding carboxylic acids is 1. The van der Waals surface area contributed by atoms with Crippen molar-refractivity contribution in [1.29, 1.82) is 0 Å². The van der Waals surface area contributed by atoms with Crippen LogP contribution in [0.3, 0.4) is 0 Å². The number of carbonyl (C=O) groups is 1. The maximum absolute atomic E-state index is 11.3. The molecule has 1 amide bonds. The second kappa shape index (κ2) is 3.47. The monoisotopic (exact) mass is 183 g/mol. The van der Waals surface area contributed by atoms with Crippen molar-refractivity contribution < 1.29 is 9.53 Å². The highest BCUT2D eigenvalue weighted by Gasteiger charge is 2.20. The molecule has 0 radical (unpaired) electrons. The lowest BCUT2D eigenvalue weighted by atomic mass is 10.2. The van der Waals surface area contributed by atoms with Crippen LogP contribution in [0.2, 0.25) is 0 Å². The summed E-state index contributed by atoms with van der Waals surface area (Å²) in [6.07, 6.45) is 3.97. The molecule has 1 heterocycles. The molecule has 1 N–H and O–H groups in total. The largest absolute Gasteiger partial charge is 0.442 e. The van der Waals surface area contributed by atoms with Crippen LogP contribution in [0.15, 0.2) is 17.4 Å². The molecule has 5 heteroatoms. The molecule has 0 aliphatic carbocycles. The minimum atomic E-state index is -0.492. The van der Waals surface area contributed by atoms with Crippen molar-refractivity contribution in [3.63, 3.8) is 0 Å². The Labute approximate surface area is 77.0 Å². The summed E-state index contributed by atoms with van der Waals surface area (Å²) < 4.78 is 5.08. The fourth-order valence-electron chi connectivity index (χ4n) is 0.706. The number of rotatable bonds is 0. The molecule has 0 aromatic rings. The molecule has 0 bridgehead atoms. The van der Waals surface area contributed by atoms with E-state index >= 15 is 0 Å². The van der Waals surface area contributed by atoms with E-state index in [1.165, 1.54) is 11.3 Å². The van der Waals surface area contributed by atoms with Crippen molar-refractivity contribution in [2.45, 2.75) is 26.4 Å². The Morgan fingerprint density at radius 3 is 2.69 bits per heavy atom. The Morgan fingerprint density at radius 2 is 2.23 bits per heavy atom. The summed E-state index contributed by atoms with van der Waals surface area (Å²) in [5, 5.41) is 1.17. The van der Waals surface area contributed by atoms with E-state index in [1.807, 2.05) is 20.8 Å². The zero-order chi connectivity index (χ0) is 9.90. The third-order valence-electron chi connectivity index (χ3n) is 1.15. The fraction of sp³-hybridized carbons (Fsp3) is 0.500. The molecular formula is C8H13N3O2. The van der Waals surface area contributed by atoms with Crippen molar-refractivity contribution in [3.8, 4) is 0 Å². The summed E-state index contributed by atoms with van der Waals surface area (Å²) in [6, 6.07) is 0. The number of hydrogen-bond acceptors (Lipinski definition) is 4. The van der Waals surface area contributed by atoms with Gasteiger partial charge in [0, 0.05) is 12.4 Å². The molecule has 72 valence electrons. The van der Waals surface area contributed by atoms with Gasteiger partial charge in [-0.05, 0) is 20.8 Å². The summed E-state index contributed by atoms with van der Waals surface area (Å²) in [5.41, 5.74) is 2.18. The van der Waals surface area contributed by atoms with Gasteiger partial charge in [0.25, 0.3) is 0 Å². The number of hydrogen-bond donors (Lipinski definition) is 1. The Balaban J connectivity index is 2.49. The predicted octanol–water partition coefficient (Wildman–Crippen LogP) is 1.24. The SMILES string of the molecule is CC(C)(C)OC(=O)N1C=NC=CN1. The summed E-state index contributed by atoms with van der Waals surface area (Å²) in [6.45, 7) is 5.42. The maximum atomic E-state index is 11.3. The quantitative estimate of drug-likeness (QED) is 0.614. The van der Waals surface area contributed by atoms with E-state index in [2.05, 4.69) is 10.4 Å². The summed E-state index contributed by atoms with van der Waals surface area (Å²) >= 11 is 0. The maximum Gasteiger partial charge on any atom is 0.434 e. The van der Waals surface area contributed by atoms with Crippen molar-refractivity contribution >= 4 is 12.4 Å². The van der Waals surface area contributed by atoms with Gasteiger partial charge >= 0.3 is 6.09 Å². The lowest BCUT2D eigenvalue weighted by Gasteiger charge is -2.24. The molecule has 0 saturated carbocycles. The summed E-state index contributed by atoms with van der Waals surface area (Å²) in [5.74, 6) is 0. The van der Waals surface area contributed by atoms with Crippen LogP contribution in [0.5, 0.6) is 0 Å². The van der Waals surface area contributed by atoms with E-state index in [4.69, 9.17) is 4.74 Å². The highest BCUT2D eigenvalue weighted by Crippen LogP contribution is 2.08. The molecule has 0 atom stereocenters. The second-order valence-corrected chi connectivity index (χ2v) is 3.56. The van der Waals surface area contributed by atoms with Gasteiger partial charge in [0.15, 0.2) is 0 Å². The molecule has 1 aliphatic heterocycles. The van der Waals surface area contributed by atoms with Gasteiger partial charge in [0.05, 0.1) is 0 Å². The molecule has 0 spiro atoms. The molecule has 13 heavy (non-hydrogen) atoms. The molecule has 0 aromatic heterocycles. The van der Waals surface area contributed by atoms with Crippen LogP contribution < -0.4 is 5.43 Å². The van der Waals surface area contributed by atoms with E-state index in [1.54, 1.807) is 12.4 Å². The highest BCUT2D eigenvalue weighted by molar-refractivity contribution is 5.82. The van der Waals surface area contributed by atoms with Crippen LogP contribution in [0.1, 0.15) is 20.8 Å². The third-order valence-corrected chi connectivity index (χ3v) is 1.15. The molecule has 1 rings (SSSR count). The normalized spacial score (nSPS) is 15.5. The minimum Gasteiger partial charge on any atom is -0.442 e.